The number of likely N-dealkylation sites (tertiary alicyclic amines) is 1. The lowest BCUT2D eigenvalue weighted by Crippen LogP contribution is -2.42. The molecule has 1 aliphatic rings. The molecule has 0 saturated carbocycles. The highest BCUT2D eigenvalue weighted by molar-refractivity contribution is 7.89. The SMILES string of the molecule is Cc1ccc(S(=O)(=O)NCC(=O)NCC(=O)NCCC(=O)N2CCCC2)cc1C. The summed E-state index contributed by atoms with van der Waals surface area (Å²) in [5.74, 6) is -1.06. The zero-order chi connectivity index (χ0) is 21.4. The van der Waals surface area contributed by atoms with Gasteiger partial charge in [-0.05, 0) is 49.9 Å². The van der Waals surface area contributed by atoms with E-state index in [-0.39, 0.29) is 30.3 Å². The van der Waals surface area contributed by atoms with Crippen molar-refractivity contribution in [2.45, 2.75) is 38.0 Å². The van der Waals surface area contributed by atoms with Crippen molar-refractivity contribution in [1.29, 1.82) is 0 Å². The molecule has 29 heavy (non-hydrogen) atoms. The molecule has 1 fully saturated rings. The van der Waals surface area contributed by atoms with Crippen LogP contribution in [0.1, 0.15) is 30.4 Å². The number of carbonyl (C=O) groups excluding carboxylic acids is 3. The lowest BCUT2D eigenvalue weighted by atomic mass is 10.1. The van der Waals surface area contributed by atoms with Gasteiger partial charge in [-0.25, -0.2) is 13.1 Å². The van der Waals surface area contributed by atoms with Gasteiger partial charge < -0.3 is 15.5 Å². The standard InChI is InChI=1S/C19H28N4O5S/c1-14-5-6-16(11-15(14)2)29(27,28)22-13-18(25)21-12-17(24)20-8-7-19(26)23-9-3-4-10-23/h5-6,11,22H,3-4,7-10,12-13H2,1-2H3,(H,20,24)(H,21,25). The molecule has 0 spiro atoms. The molecule has 160 valence electrons. The van der Waals surface area contributed by atoms with E-state index in [1.165, 1.54) is 12.1 Å². The molecule has 1 heterocycles. The predicted molar refractivity (Wildman–Crippen MR) is 108 cm³/mol. The average molecular weight is 425 g/mol. The number of aryl methyl sites for hydroxylation is 2. The molecule has 0 aromatic heterocycles. The Morgan fingerprint density at radius 2 is 1.62 bits per heavy atom. The van der Waals surface area contributed by atoms with E-state index < -0.39 is 28.4 Å². The van der Waals surface area contributed by atoms with Gasteiger partial charge in [-0.1, -0.05) is 6.07 Å². The van der Waals surface area contributed by atoms with E-state index in [4.69, 9.17) is 0 Å². The summed E-state index contributed by atoms with van der Waals surface area (Å²) in [6.45, 7) is 4.64. The highest BCUT2D eigenvalue weighted by atomic mass is 32.2. The van der Waals surface area contributed by atoms with Crippen LogP contribution in [0.25, 0.3) is 0 Å². The number of benzene rings is 1. The van der Waals surface area contributed by atoms with Crippen LogP contribution in [-0.2, 0) is 24.4 Å². The van der Waals surface area contributed by atoms with Crippen molar-refractivity contribution in [1.82, 2.24) is 20.3 Å². The maximum Gasteiger partial charge on any atom is 0.241 e. The fourth-order valence-corrected chi connectivity index (χ4v) is 3.93. The molecule has 1 aromatic rings. The topological polar surface area (TPSA) is 125 Å². The van der Waals surface area contributed by atoms with Crippen LogP contribution in [0.4, 0.5) is 0 Å². The molecule has 0 bridgehead atoms. The Morgan fingerprint density at radius 1 is 0.966 bits per heavy atom. The van der Waals surface area contributed by atoms with Crippen LogP contribution in [0.2, 0.25) is 0 Å². The summed E-state index contributed by atoms with van der Waals surface area (Å²) >= 11 is 0. The first kappa shape index (κ1) is 22.8. The maximum absolute atomic E-state index is 12.2. The number of rotatable bonds is 9. The Balaban J connectivity index is 1.67. The van der Waals surface area contributed by atoms with Crippen molar-refractivity contribution >= 4 is 27.7 Å². The van der Waals surface area contributed by atoms with Gasteiger partial charge in [0.2, 0.25) is 27.7 Å². The van der Waals surface area contributed by atoms with Gasteiger partial charge in [-0.3, -0.25) is 14.4 Å². The molecule has 1 aromatic carbocycles. The molecule has 0 unspecified atom stereocenters. The molecule has 3 amide bonds. The van der Waals surface area contributed by atoms with Gasteiger partial charge in [0.05, 0.1) is 18.0 Å². The predicted octanol–water partition coefficient (Wildman–Crippen LogP) is -0.173. The normalized spacial score (nSPS) is 13.9. The van der Waals surface area contributed by atoms with E-state index in [9.17, 15) is 22.8 Å². The van der Waals surface area contributed by atoms with E-state index >= 15 is 0 Å². The van der Waals surface area contributed by atoms with Gasteiger partial charge in [0.25, 0.3) is 0 Å². The second kappa shape index (κ2) is 10.4. The largest absolute Gasteiger partial charge is 0.354 e. The second-order valence-corrected chi connectivity index (χ2v) is 8.80. The summed E-state index contributed by atoms with van der Waals surface area (Å²) < 4.78 is 26.7. The first-order valence-electron chi connectivity index (χ1n) is 9.57. The molecular formula is C19H28N4O5S. The Labute approximate surface area is 171 Å². The van der Waals surface area contributed by atoms with Gasteiger partial charge in [0, 0.05) is 26.1 Å². The minimum absolute atomic E-state index is 0.00702. The van der Waals surface area contributed by atoms with Gasteiger partial charge in [-0.2, -0.15) is 0 Å². The molecule has 3 N–H and O–H groups in total. The monoisotopic (exact) mass is 424 g/mol. The van der Waals surface area contributed by atoms with Crippen molar-refractivity contribution in [3.8, 4) is 0 Å². The number of hydrogen-bond donors (Lipinski definition) is 3. The Kier molecular flexibility index (Phi) is 8.15. The lowest BCUT2D eigenvalue weighted by molar-refractivity contribution is -0.130. The molecule has 0 aliphatic carbocycles. The summed E-state index contributed by atoms with van der Waals surface area (Å²) in [5.41, 5.74) is 1.80. The van der Waals surface area contributed by atoms with Crippen molar-refractivity contribution in [3.05, 3.63) is 29.3 Å². The van der Waals surface area contributed by atoms with Crippen LogP contribution in [-0.4, -0.2) is 63.8 Å². The summed E-state index contributed by atoms with van der Waals surface area (Å²) in [7, 11) is -3.82. The third-order valence-corrected chi connectivity index (χ3v) is 6.18. The van der Waals surface area contributed by atoms with Crippen LogP contribution < -0.4 is 15.4 Å². The van der Waals surface area contributed by atoms with Crippen LogP contribution in [0, 0.1) is 13.8 Å². The number of hydrogen-bond acceptors (Lipinski definition) is 5. The molecule has 0 radical (unpaired) electrons. The summed E-state index contributed by atoms with van der Waals surface area (Å²) in [6, 6.07) is 4.70. The zero-order valence-corrected chi connectivity index (χ0v) is 17.6. The summed E-state index contributed by atoms with van der Waals surface area (Å²) in [6.07, 6.45) is 2.24. The van der Waals surface area contributed by atoms with Gasteiger partial charge in [0.1, 0.15) is 0 Å². The van der Waals surface area contributed by atoms with Crippen LogP contribution in [0.5, 0.6) is 0 Å². The van der Waals surface area contributed by atoms with Crippen LogP contribution in [0.3, 0.4) is 0 Å². The number of amides is 3. The minimum Gasteiger partial charge on any atom is -0.354 e. The van der Waals surface area contributed by atoms with E-state index in [1.807, 2.05) is 6.92 Å². The van der Waals surface area contributed by atoms with Gasteiger partial charge in [-0.15, -0.1) is 0 Å². The fraction of sp³-hybridized carbons (Fsp3) is 0.526. The van der Waals surface area contributed by atoms with Crippen molar-refractivity contribution in [3.63, 3.8) is 0 Å². The summed E-state index contributed by atoms with van der Waals surface area (Å²) in [5, 5.41) is 4.91. The number of carbonyl (C=O) groups is 3. The Hall–Kier alpha value is -2.46. The van der Waals surface area contributed by atoms with E-state index in [0.29, 0.717) is 0 Å². The van der Waals surface area contributed by atoms with Crippen molar-refractivity contribution in [2.75, 3.05) is 32.7 Å². The maximum atomic E-state index is 12.2. The third kappa shape index (κ3) is 7.13. The molecule has 9 nitrogen and oxygen atoms in total. The van der Waals surface area contributed by atoms with Crippen LogP contribution in [0.15, 0.2) is 23.1 Å². The average Bonchev–Trinajstić information content (AvgIpc) is 3.21. The smallest absolute Gasteiger partial charge is 0.241 e. The van der Waals surface area contributed by atoms with Gasteiger partial charge >= 0.3 is 0 Å². The highest BCUT2D eigenvalue weighted by Crippen LogP contribution is 2.14. The second-order valence-electron chi connectivity index (χ2n) is 7.04. The minimum atomic E-state index is -3.82. The van der Waals surface area contributed by atoms with E-state index in [0.717, 1.165) is 37.1 Å². The number of nitrogens with zero attached hydrogens (tertiary/aromatic N) is 1. The van der Waals surface area contributed by atoms with Crippen molar-refractivity contribution in [2.24, 2.45) is 0 Å². The molecule has 0 atom stereocenters. The fourth-order valence-electron chi connectivity index (χ4n) is 2.86. The summed E-state index contributed by atoms with van der Waals surface area (Å²) in [4.78, 5) is 37.3. The molecule has 10 heteroatoms. The van der Waals surface area contributed by atoms with E-state index in [2.05, 4.69) is 15.4 Å². The molecule has 1 aliphatic heterocycles. The number of nitrogens with one attached hydrogen (secondary N) is 3. The molecule has 2 rings (SSSR count). The van der Waals surface area contributed by atoms with E-state index in [1.54, 1.807) is 17.9 Å². The first-order valence-corrected chi connectivity index (χ1v) is 11.1. The lowest BCUT2D eigenvalue weighted by Gasteiger charge is -2.15. The van der Waals surface area contributed by atoms with Crippen LogP contribution >= 0.6 is 0 Å². The zero-order valence-electron chi connectivity index (χ0n) is 16.8. The quantitative estimate of drug-likeness (QED) is 0.508. The van der Waals surface area contributed by atoms with Crippen molar-refractivity contribution < 1.29 is 22.8 Å². The Morgan fingerprint density at radius 3 is 2.28 bits per heavy atom. The molecular weight excluding hydrogens is 396 g/mol. The number of sulfonamides is 1. The van der Waals surface area contributed by atoms with Gasteiger partial charge in [0.15, 0.2) is 0 Å². The molecule has 1 saturated heterocycles. The third-order valence-electron chi connectivity index (χ3n) is 4.78. The highest BCUT2D eigenvalue weighted by Gasteiger charge is 2.18. The Bertz CT molecular complexity index is 863. The first-order chi connectivity index (χ1) is 13.7.